The van der Waals surface area contributed by atoms with E-state index in [1.165, 1.54) is 0 Å². The van der Waals surface area contributed by atoms with Crippen molar-refractivity contribution in [3.8, 4) is 0 Å². The number of rotatable bonds is 3. The fourth-order valence-electron chi connectivity index (χ4n) is 2.04. The van der Waals surface area contributed by atoms with E-state index >= 15 is 0 Å². The summed E-state index contributed by atoms with van der Waals surface area (Å²) >= 11 is 0. The van der Waals surface area contributed by atoms with Crippen LogP contribution in [0.4, 0.5) is 4.79 Å². The second-order valence-electron chi connectivity index (χ2n) is 6.11. The monoisotopic (exact) mass is 295 g/mol. The Labute approximate surface area is 126 Å². The highest BCUT2D eigenvalue weighted by Gasteiger charge is 2.28. The van der Waals surface area contributed by atoms with E-state index in [1.807, 2.05) is 27.7 Å². The molecule has 0 fully saturated rings. The van der Waals surface area contributed by atoms with Crippen LogP contribution < -0.4 is 0 Å². The van der Waals surface area contributed by atoms with E-state index in [9.17, 15) is 9.59 Å². The molecule has 1 aliphatic heterocycles. The molecule has 0 spiro atoms. The summed E-state index contributed by atoms with van der Waals surface area (Å²) in [4.78, 5) is 25.5. The number of hydrogen-bond donors (Lipinski definition) is 0. The highest BCUT2D eigenvalue weighted by molar-refractivity contribution is 5.93. The summed E-state index contributed by atoms with van der Waals surface area (Å²) in [6.07, 6.45) is 0.330. The van der Waals surface area contributed by atoms with Gasteiger partial charge in [-0.15, -0.1) is 0 Å². The zero-order chi connectivity index (χ0) is 16.2. The number of carbonyl (C=O) groups excluding carboxylic acids is 2. The van der Waals surface area contributed by atoms with Gasteiger partial charge in [0.2, 0.25) is 0 Å². The van der Waals surface area contributed by atoms with Crippen molar-refractivity contribution in [1.82, 2.24) is 4.90 Å². The maximum Gasteiger partial charge on any atom is 0.410 e. The maximum atomic E-state index is 12.1. The van der Waals surface area contributed by atoms with Gasteiger partial charge >= 0.3 is 12.1 Å². The first-order valence-corrected chi connectivity index (χ1v) is 7.18. The first-order valence-electron chi connectivity index (χ1n) is 7.18. The summed E-state index contributed by atoms with van der Waals surface area (Å²) < 4.78 is 10.3. The van der Waals surface area contributed by atoms with E-state index < -0.39 is 11.6 Å². The van der Waals surface area contributed by atoms with E-state index in [4.69, 9.17) is 9.47 Å². The molecule has 5 heteroatoms. The number of carbonyl (C=O) groups is 2. The van der Waals surface area contributed by atoms with Crippen LogP contribution in [0.2, 0.25) is 0 Å². The molecule has 118 valence electrons. The Morgan fingerprint density at radius 1 is 1.33 bits per heavy atom. The quantitative estimate of drug-likeness (QED) is 0.593. The number of amides is 1. The summed E-state index contributed by atoms with van der Waals surface area (Å²) in [5.41, 5.74) is 1.62. The Bertz CT molecular complexity index is 471. The van der Waals surface area contributed by atoms with Gasteiger partial charge in [0.15, 0.2) is 0 Å². The minimum Gasteiger partial charge on any atom is -0.462 e. The van der Waals surface area contributed by atoms with Crippen molar-refractivity contribution in [3.05, 3.63) is 23.3 Å². The van der Waals surface area contributed by atoms with E-state index in [-0.39, 0.29) is 6.09 Å². The van der Waals surface area contributed by atoms with E-state index in [0.29, 0.717) is 31.7 Å². The van der Waals surface area contributed by atoms with E-state index in [0.717, 1.165) is 11.1 Å². The molecule has 5 nitrogen and oxygen atoms in total. The molecule has 0 atom stereocenters. The summed E-state index contributed by atoms with van der Waals surface area (Å²) in [5, 5.41) is 0. The molecule has 1 rings (SSSR count). The lowest BCUT2D eigenvalue weighted by Crippen LogP contribution is -2.41. The van der Waals surface area contributed by atoms with Crippen molar-refractivity contribution in [2.45, 2.75) is 46.6 Å². The summed E-state index contributed by atoms with van der Waals surface area (Å²) in [5.74, 6) is -0.433. The van der Waals surface area contributed by atoms with Gasteiger partial charge in [-0.1, -0.05) is 12.2 Å². The van der Waals surface area contributed by atoms with Crippen LogP contribution in [0, 0.1) is 0 Å². The normalized spacial score (nSPS) is 15.8. The largest absolute Gasteiger partial charge is 0.462 e. The fraction of sp³-hybridized carbons (Fsp3) is 0.625. The molecule has 0 radical (unpaired) electrons. The van der Waals surface area contributed by atoms with Gasteiger partial charge in [0.25, 0.3) is 0 Å². The van der Waals surface area contributed by atoms with Crippen LogP contribution in [0.25, 0.3) is 0 Å². The van der Waals surface area contributed by atoms with Crippen molar-refractivity contribution < 1.29 is 19.1 Å². The average Bonchev–Trinajstić information content (AvgIpc) is 2.36. The van der Waals surface area contributed by atoms with Crippen LogP contribution in [0.1, 0.15) is 41.0 Å². The van der Waals surface area contributed by atoms with E-state index in [2.05, 4.69) is 6.58 Å². The fourth-order valence-corrected chi connectivity index (χ4v) is 2.04. The predicted molar refractivity (Wildman–Crippen MR) is 80.9 cm³/mol. The standard InChI is InChI=1S/C16H25NO4/c1-7-20-14(18)12(3)13-10-17(9-8-11(13)2)15(19)21-16(4,5)6/h3,7-10H2,1-2,4-6H3. The van der Waals surface area contributed by atoms with Gasteiger partial charge in [-0.25, -0.2) is 9.59 Å². The van der Waals surface area contributed by atoms with Crippen molar-refractivity contribution in [2.75, 3.05) is 19.7 Å². The number of esters is 1. The van der Waals surface area contributed by atoms with Crippen molar-refractivity contribution in [3.63, 3.8) is 0 Å². The summed E-state index contributed by atoms with van der Waals surface area (Å²) in [6.45, 7) is 14.2. The first-order chi connectivity index (χ1) is 9.65. The van der Waals surface area contributed by atoms with Crippen LogP contribution in [0.3, 0.4) is 0 Å². The van der Waals surface area contributed by atoms with Gasteiger partial charge in [0.05, 0.1) is 12.2 Å². The first kappa shape index (κ1) is 17.3. The second kappa shape index (κ2) is 6.78. The van der Waals surface area contributed by atoms with Crippen molar-refractivity contribution in [1.29, 1.82) is 0 Å². The Kier molecular flexibility index (Phi) is 5.58. The SMILES string of the molecule is C=C(C(=O)OCC)C1=C(C)CCN(C(=O)OC(C)(C)C)C1. The zero-order valence-corrected chi connectivity index (χ0v) is 13.6. The van der Waals surface area contributed by atoms with Gasteiger partial charge in [0, 0.05) is 13.1 Å². The highest BCUT2D eigenvalue weighted by Crippen LogP contribution is 2.25. The maximum absolute atomic E-state index is 12.1. The lowest BCUT2D eigenvalue weighted by atomic mass is 9.96. The molecule has 0 aromatic carbocycles. The third-order valence-corrected chi connectivity index (χ3v) is 3.16. The Balaban J connectivity index is 2.81. The smallest absolute Gasteiger partial charge is 0.410 e. The van der Waals surface area contributed by atoms with Gasteiger partial charge in [-0.05, 0) is 46.6 Å². The minimum absolute atomic E-state index is 0.306. The van der Waals surface area contributed by atoms with Gasteiger partial charge in [0.1, 0.15) is 5.60 Å². The average molecular weight is 295 g/mol. The van der Waals surface area contributed by atoms with Gasteiger partial charge < -0.3 is 14.4 Å². The van der Waals surface area contributed by atoms with Crippen LogP contribution >= 0.6 is 0 Å². The lowest BCUT2D eigenvalue weighted by molar-refractivity contribution is -0.138. The van der Waals surface area contributed by atoms with Gasteiger partial charge in [-0.2, -0.15) is 0 Å². The van der Waals surface area contributed by atoms with E-state index in [1.54, 1.807) is 11.8 Å². The molecule has 0 aliphatic carbocycles. The second-order valence-corrected chi connectivity index (χ2v) is 6.11. The third-order valence-electron chi connectivity index (χ3n) is 3.16. The summed E-state index contributed by atoms with van der Waals surface area (Å²) in [6, 6.07) is 0. The molecule has 1 heterocycles. The molecule has 1 aliphatic rings. The van der Waals surface area contributed by atoms with Crippen molar-refractivity contribution >= 4 is 12.1 Å². The Morgan fingerprint density at radius 3 is 2.48 bits per heavy atom. The predicted octanol–water partition coefficient (Wildman–Crippen LogP) is 3.06. The molecule has 21 heavy (non-hydrogen) atoms. The Morgan fingerprint density at radius 2 is 1.95 bits per heavy atom. The molecule has 0 saturated heterocycles. The van der Waals surface area contributed by atoms with Gasteiger partial charge in [-0.3, -0.25) is 0 Å². The zero-order valence-electron chi connectivity index (χ0n) is 13.6. The number of ether oxygens (including phenoxy) is 2. The third kappa shape index (κ3) is 4.92. The molecule has 0 unspecified atom stereocenters. The van der Waals surface area contributed by atoms with Crippen LogP contribution in [-0.2, 0) is 14.3 Å². The molecule has 0 saturated carbocycles. The Hall–Kier alpha value is -1.78. The molecule has 0 N–H and O–H groups in total. The molecule has 1 amide bonds. The summed E-state index contributed by atoms with van der Waals surface area (Å²) in [7, 11) is 0. The molecular formula is C16H25NO4. The molecule has 0 aromatic rings. The molecule has 0 aromatic heterocycles. The highest BCUT2D eigenvalue weighted by atomic mass is 16.6. The molecule has 0 bridgehead atoms. The van der Waals surface area contributed by atoms with Crippen LogP contribution in [-0.4, -0.2) is 42.3 Å². The lowest BCUT2D eigenvalue weighted by Gasteiger charge is -2.32. The van der Waals surface area contributed by atoms with Crippen LogP contribution in [0.5, 0.6) is 0 Å². The number of nitrogens with zero attached hydrogens (tertiary/aromatic N) is 1. The van der Waals surface area contributed by atoms with Crippen LogP contribution in [0.15, 0.2) is 23.3 Å². The van der Waals surface area contributed by atoms with Crippen molar-refractivity contribution in [2.24, 2.45) is 0 Å². The minimum atomic E-state index is -0.536. The topological polar surface area (TPSA) is 55.8 Å². The number of hydrogen-bond acceptors (Lipinski definition) is 4. The molecular weight excluding hydrogens is 270 g/mol.